The van der Waals surface area contributed by atoms with E-state index in [1.54, 1.807) is 12.5 Å². The molecule has 134 valence electrons. The van der Waals surface area contributed by atoms with E-state index in [1.165, 1.54) is 6.92 Å². The minimum atomic E-state index is -0.116. The number of amides is 1. The van der Waals surface area contributed by atoms with E-state index < -0.39 is 0 Å². The first-order chi connectivity index (χ1) is 13.1. The Bertz CT molecular complexity index is 1130. The lowest BCUT2D eigenvalue weighted by Gasteiger charge is -2.12. The van der Waals surface area contributed by atoms with Crippen molar-refractivity contribution in [2.24, 2.45) is 0 Å². The van der Waals surface area contributed by atoms with E-state index in [4.69, 9.17) is 0 Å². The molecule has 2 aromatic heterocycles. The number of imidazole rings is 1. The molecule has 0 aliphatic heterocycles. The smallest absolute Gasteiger partial charge is 0.229 e. The molecule has 0 aliphatic rings. The maximum Gasteiger partial charge on any atom is 0.229 e. The van der Waals surface area contributed by atoms with E-state index >= 15 is 0 Å². The third-order valence-electron chi connectivity index (χ3n) is 4.15. The van der Waals surface area contributed by atoms with Gasteiger partial charge in [-0.1, -0.05) is 18.2 Å². The average Bonchev–Trinajstić information content (AvgIpc) is 3.08. The number of carbonyl (C=O) groups excluding carboxylic acids is 1. The van der Waals surface area contributed by atoms with Crippen molar-refractivity contribution in [3.63, 3.8) is 0 Å². The Hall–Kier alpha value is -3.74. The quantitative estimate of drug-likeness (QED) is 0.579. The van der Waals surface area contributed by atoms with Gasteiger partial charge >= 0.3 is 0 Å². The van der Waals surface area contributed by atoms with Gasteiger partial charge in [-0.15, -0.1) is 0 Å². The Labute approximate surface area is 156 Å². The van der Waals surface area contributed by atoms with Crippen LogP contribution in [0.1, 0.15) is 12.5 Å². The molecule has 2 N–H and O–H groups in total. The van der Waals surface area contributed by atoms with Gasteiger partial charge in [-0.25, -0.2) is 9.97 Å². The van der Waals surface area contributed by atoms with Gasteiger partial charge in [-0.3, -0.25) is 9.36 Å². The van der Waals surface area contributed by atoms with Crippen LogP contribution in [0.15, 0.2) is 61.1 Å². The molecular weight excluding hydrogens is 340 g/mol. The summed E-state index contributed by atoms with van der Waals surface area (Å²) in [6, 6.07) is 15.4. The molecule has 0 radical (unpaired) electrons. The van der Waals surface area contributed by atoms with Gasteiger partial charge in [0.1, 0.15) is 12.1 Å². The molecule has 4 aromatic rings. The van der Waals surface area contributed by atoms with Crippen molar-refractivity contribution in [1.29, 1.82) is 0 Å². The van der Waals surface area contributed by atoms with Crippen LogP contribution >= 0.6 is 0 Å². The number of nitrogens with zero attached hydrogens (tertiary/aromatic N) is 4. The van der Waals surface area contributed by atoms with Crippen molar-refractivity contribution in [1.82, 2.24) is 19.5 Å². The largest absolute Gasteiger partial charge is 0.326 e. The van der Waals surface area contributed by atoms with Gasteiger partial charge in [0.25, 0.3) is 0 Å². The van der Waals surface area contributed by atoms with Crippen molar-refractivity contribution in [3.05, 3.63) is 66.6 Å². The fourth-order valence-corrected chi connectivity index (χ4v) is 2.84. The summed E-state index contributed by atoms with van der Waals surface area (Å²) in [5.74, 6) is 1.07. The first kappa shape index (κ1) is 16.7. The number of hydrogen-bond donors (Lipinski definition) is 2. The van der Waals surface area contributed by atoms with E-state index in [0.29, 0.717) is 11.6 Å². The maximum absolute atomic E-state index is 11.3. The number of aryl methyl sites for hydroxylation is 1. The highest BCUT2D eigenvalue weighted by molar-refractivity contribution is 5.89. The van der Waals surface area contributed by atoms with Crippen LogP contribution in [0.2, 0.25) is 0 Å². The van der Waals surface area contributed by atoms with Crippen LogP contribution in [0.4, 0.5) is 17.3 Å². The second kappa shape index (κ2) is 6.87. The molecule has 0 atom stereocenters. The van der Waals surface area contributed by atoms with Gasteiger partial charge in [0.05, 0.1) is 11.0 Å². The van der Waals surface area contributed by atoms with E-state index in [9.17, 15) is 4.79 Å². The molecule has 0 saturated heterocycles. The number of rotatable bonds is 4. The predicted molar refractivity (Wildman–Crippen MR) is 105 cm³/mol. The molecule has 4 rings (SSSR count). The molecule has 7 nitrogen and oxygen atoms in total. The molecule has 1 amide bonds. The summed E-state index contributed by atoms with van der Waals surface area (Å²) in [5.41, 5.74) is 4.45. The van der Waals surface area contributed by atoms with Gasteiger partial charge in [-0.05, 0) is 42.8 Å². The van der Waals surface area contributed by atoms with Crippen molar-refractivity contribution in [3.8, 4) is 5.82 Å². The second-order valence-electron chi connectivity index (χ2n) is 6.18. The van der Waals surface area contributed by atoms with Gasteiger partial charge in [0.2, 0.25) is 11.9 Å². The van der Waals surface area contributed by atoms with Crippen LogP contribution in [0, 0.1) is 6.92 Å². The number of anilines is 3. The summed E-state index contributed by atoms with van der Waals surface area (Å²) in [6.45, 7) is 3.46. The van der Waals surface area contributed by atoms with Crippen LogP contribution in [0.5, 0.6) is 0 Å². The first-order valence-electron chi connectivity index (χ1n) is 8.51. The molecule has 0 saturated carbocycles. The van der Waals surface area contributed by atoms with E-state index in [2.05, 4.69) is 25.6 Å². The van der Waals surface area contributed by atoms with Gasteiger partial charge in [0.15, 0.2) is 0 Å². The summed E-state index contributed by atoms with van der Waals surface area (Å²) in [6.07, 6.45) is 3.45. The monoisotopic (exact) mass is 358 g/mol. The zero-order chi connectivity index (χ0) is 18.8. The van der Waals surface area contributed by atoms with Gasteiger partial charge in [0, 0.05) is 24.5 Å². The predicted octanol–water partition coefficient (Wildman–Crippen LogP) is 3.83. The highest BCUT2D eigenvalue weighted by atomic mass is 16.1. The minimum Gasteiger partial charge on any atom is -0.326 e. The summed E-state index contributed by atoms with van der Waals surface area (Å²) in [7, 11) is 0. The van der Waals surface area contributed by atoms with E-state index in [0.717, 1.165) is 28.1 Å². The number of carbonyl (C=O) groups is 1. The van der Waals surface area contributed by atoms with Crippen molar-refractivity contribution in [2.75, 3.05) is 10.6 Å². The molecule has 2 aromatic carbocycles. The summed E-state index contributed by atoms with van der Waals surface area (Å²) < 4.78 is 1.92. The SMILES string of the molecule is CC(=O)Nc1ccc(C)c(Nc2nccc(-n3cnc4ccccc43)n2)c1. The van der Waals surface area contributed by atoms with Crippen LogP contribution < -0.4 is 10.6 Å². The van der Waals surface area contributed by atoms with Crippen LogP contribution in [-0.2, 0) is 4.79 Å². The van der Waals surface area contributed by atoms with E-state index in [-0.39, 0.29) is 5.91 Å². The summed E-state index contributed by atoms with van der Waals surface area (Å²) in [5, 5.41) is 6.01. The minimum absolute atomic E-state index is 0.116. The zero-order valence-corrected chi connectivity index (χ0v) is 15.0. The van der Waals surface area contributed by atoms with Crippen LogP contribution in [-0.4, -0.2) is 25.4 Å². The standard InChI is InChI=1S/C20H18N6O/c1-13-7-8-15(23-14(2)27)11-17(13)24-20-21-10-9-19(25-20)26-12-22-16-5-3-4-6-18(16)26/h3-12H,1-2H3,(H,23,27)(H,21,24,25). The number of aromatic nitrogens is 4. The molecular formula is C20H18N6O. The fourth-order valence-electron chi connectivity index (χ4n) is 2.84. The van der Waals surface area contributed by atoms with Crippen molar-refractivity contribution in [2.45, 2.75) is 13.8 Å². The van der Waals surface area contributed by atoms with Crippen LogP contribution in [0.3, 0.4) is 0 Å². The fraction of sp³-hybridized carbons (Fsp3) is 0.100. The molecule has 0 spiro atoms. The third kappa shape index (κ3) is 3.48. The number of benzene rings is 2. The van der Waals surface area contributed by atoms with Gasteiger partial charge in [-0.2, -0.15) is 4.98 Å². The zero-order valence-electron chi connectivity index (χ0n) is 15.0. The highest BCUT2D eigenvalue weighted by Crippen LogP contribution is 2.23. The molecule has 2 heterocycles. The molecule has 0 fully saturated rings. The second-order valence-corrected chi connectivity index (χ2v) is 6.18. The number of nitrogens with one attached hydrogen (secondary N) is 2. The number of hydrogen-bond acceptors (Lipinski definition) is 5. The molecule has 7 heteroatoms. The van der Waals surface area contributed by atoms with Crippen LogP contribution in [0.25, 0.3) is 16.9 Å². The molecule has 0 aliphatic carbocycles. The highest BCUT2D eigenvalue weighted by Gasteiger charge is 2.08. The number of para-hydroxylation sites is 2. The lowest BCUT2D eigenvalue weighted by molar-refractivity contribution is -0.114. The van der Waals surface area contributed by atoms with Crippen molar-refractivity contribution >= 4 is 34.3 Å². The molecule has 0 unspecified atom stereocenters. The van der Waals surface area contributed by atoms with Crippen molar-refractivity contribution < 1.29 is 4.79 Å². The van der Waals surface area contributed by atoms with E-state index in [1.807, 2.05) is 60.0 Å². The Kier molecular flexibility index (Phi) is 4.25. The Morgan fingerprint density at radius 3 is 2.78 bits per heavy atom. The Morgan fingerprint density at radius 1 is 1.07 bits per heavy atom. The lowest BCUT2D eigenvalue weighted by atomic mass is 10.2. The topological polar surface area (TPSA) is 84.7 Å². The lowest BCUT2D eigenvalue weighted by Crippen LogP contribution is -2.07. The first-order valence-corrected chi connectivity index (χ1v) is 8.51. The average molecular weight is 358 g/mol. The third-order valence-corrected chi connectivity index (χ3v) is 4.15. The van der Waals surface area contributed by atoms with Gasteiger partial charge < -0.3 is 10.6 Å². The summed E-state index contributed by atoms with van der Waals surface area (Å²) >= 11 is 0. The summed E-state index contributed by atoms with van der Waals surface area (Å²) in [4.78, 5) is 24.6. The Morgan fingerprint density at radius 2 is 1.93 bits per heavy atom. The normalized spacial score (nSPS) is 10.7. The maximum atomic E-state index is 11.3. The molecule has 27 heavy (non-hydrogen) atoms. The Balaban J connectivity index is 1.67. The molecule has 0 bridgehead atoms. The number of fused-ring (bicyclic) bond motifs is 1.